The Hall–Kier alpha value is -2.12. The third kappa shape index (κ3) is 2.34. The molecule has 0 atom stereocenters. The van der Waals surface area contributed by atoms with Crippen molar-refractivity contribution in [2.24, 2.45) is 0 Å². The first-order valence-corrected chi connectivity index (χ1v) is 9.97. The SMILES string of the molecule is O=c1c2[nH]c3ccc(Cl)cc3sc2c(=O)c2[nH]c3ccc(Cl)cc3sc12. The number of fused-ring (bicyclic) bond motifs is 4. The van der Waals surface area contributed by atoms with Gasteiger partial charge in [-0.15, -0.1) is 22.7 Å². The van der Waals surface area contributed by atoms with Crippen LogP contribution in [0.3, 0.4) is 0 Å². The number of hydrogen-bond acceptors (Lipinski definition) is 4. The van der Waals surface area contributed by atoms with Gasteiger partial charge in [0.25, 0.3) is 0 Å². The summed E-state index contributed by atoms with van der Waals surface area (Å²) in [7, 11) is 0. The van der Waals surface area contributed by atoms with E-state index < -0.39 is 0 Å². The van der Waals surface area contributed by atoms with Gasteiger partial charge in [0.15, 0.2) is 0 Å². The quantitative estimate of drug-likeness (QED) is 0.318. The van der Waals surface area contributed by atoms with Gasteiger partial charge < -0.3 is 9.97 Å². The van der Waals surface area contributed by atoms with Crippen LogP contribution in [0.1, 0.15) is 0 Å². The van der Waals surface area contributed by atoms with E-state index in [1.807, 2.05) is 0 Å². The van der Waals surface area contributed by atoms with Crippen LogP contribution in [0.4, 0.5) is 0 Å². The summed E-state index contributed by atoms with van der Waals surface area (Å²) in [6.07, 6.45) is 0. The summed E-state index contributed by atoms with van der Waals surface area (Å²) in [5.41, 5.74) is 1.75. The van der Waals surface area contributed by atoms with Crippen molar-refractivity contribution in [2.45, 2.75) is 0 Å². The second kappa shape index (κ2) is 5.69. The maximum absolute atomic E-state index is 13.0. The molecule has 5 aromatic rings. The molecular weight excluding hydrogens is 411 g/mol. The fourth-order valence-electron chi connectivity index (χ4n) is 2.94. The van der Waals surface area contributed by atoms with Crippen molar-refractivity contribution in [1.82, 2.24) is 9.97 Å². The molecule has 0 fully saturated rings. The summed E-state index contributed by atoms with van der Waals surface area (Å²) in [5.74, 6) is 0. The summed E-state index contributed by atoms with van der Waals surface area (Å²) in [6, 6.07) is 10.7. The molecule has 0 aliphatic carbocycles. The van der Waals surface area contributed by atoms with Crippen molar-refractivity contribution >= 4 is 86.7 Å². The van der Waals surface area contributed by atoms with Crippen LogP contribution in [-0.4, -0.2) is 9.97 Å². The molecular formula is C18H8Cl2N2O2S2. The normalized spacial score (nSPS) is 11.8. The van der Waals surface area contributed by atoms with Gasteiger partial charge in [-0.3, -0.25) is 9.59 Å². The molecule has 0 aliphatic rings. The molecule has 2 aromatic heterocycles. The van der Waals surface area contributed by atoms with Crippen LogP contribution in [0, 0.1) is 0 Å². The molecule has 4 nitrogen and oxygen atoms in total. The molecule has 0 bridgehead atoms. The first-order valence-electron chi connectivity index (χ1n) is 7.58. The zero-order chi connectivity index (χ0) is 18.0. The highest BCUT2D eigenvalue weighted by atomic mass is 35.5. The van der Waals surface area contributed by atoms with Crippen molar-refractivity contribution in [2.75, 3.05) is 0 Å². The Balaban J connectivity index is 2.03. The van der Waals surface area contributed by atoms with Gasteiger partial charge in [-0.1, -0.05) is 23.2 Å². The number of hydrogen-bond donors (Lipinski definition) is 2. The molecule has 0 saturated carbocycles. The average Bonchev–Trinajstić information content (AvgIpc) is 2.63. The Morgan fingerprint density at radius 3 is 1.54 bits per heavy atom. The topological polar surface area (TPSA) is 65.7 Å². The van der Waals surface area contributed by atoms with E-state index in [4.69, 9.17) is 23.2 Å². The van der Waals surface area contributed by atoms with Crippen molar-refractivity contribution in [3.8, 4) is 0 Å². The Kier molecular flexibility index (Phi) is 3.52. The predicted molar refractivity (Wildman–Crippen MR) is 112 cm³/mol. The molecule has 2 heterocycles. The highest BCUT2D eigenvalue weighted by Gasteiger charge is 2.15. The number of nitrogens with one attached hydrogen (secondary N) is 2. The van der Waals surface area contributed by atoms with E-state index in [9.17, 15) is 9.59 Å². The minimum atomic E-state index is -0.203. The second-order valence-electron chi connectivity index (χ2n) is 5.80. The molecule has 0 aliphatic heterocycles. The molecule has 0 radical (unpaired) electrons. The van der Waals surface area contributed by atoms with Crippen molar-refractivity contribution in [1.29, 1.82) is 0 Å². The van der Waals surface area contributed by atoms with Gasteiger partial charge in [0.2, 0.25) is 10.9 Å². The van der Waals surface area contributed by atoms with E-state index in [0.29, 0.717) is 30.5 Å². The number of benzene rings is 3. The summed E-state index contributed by atoms with van der Waals surface area (Å²) in [5, 5.41) is 1.16. The minimum absolute atomic E-state index is 0.203. The van der Waals surface area contributed by atoms with E-state index in [2.05, 4.69) is 9.97 Å². The van der Waals surface area contributed by atoms with Gasteiger partial charge in [-0.25, -0.2) is 0 Å². The Labute approximate surface area is 163 Å². The predicted octanol–water partition coefficient (Wildman–Crippen LogP) is 5.67. The lowest BCUT2D eigenvalue weighted by Crippen LogP contribution is -2.14. The average molecular weight is 419 g/mol. The largest absolute Gasteiger partial charge is 0.350 e. The molecule has 0 saturated heterocycles. The van der Waals surface area contributed by atoms with Gasteiger partial charge in [0.05, 0.1) is 20.4 Å². The Morgan fingerprint density at radius 1 is 0.692 bits per heavy atom. The monoisotopic (exact) mass is 418 g/mol. The van der Waals surface area contributed by atoms with Crippen LogP contribution in [0.15, 0.2) is 46.0 Å². The molecule has 128 valence electrons. The van der Waals surface area contributed by atoms with Crippen LogP contribution < -0.4 is 10.9 Å². The number of rotatable bonds is 0. The molecule has 3 aromatic carbocycles. The van der Waals surface area contributed by atoms with E-state index in [-0.39, 0.29) is 10.9 Å². The maximum atomic E-state index is 13.0. The number of aromatic nitrogens is 2. The third-order valence-electron chi connectivity index (χ3n) is 4.15. The number of aromatic amines is 2. The summed E-state index contributed by atoms with van der Waals surface area (Å²) in [4.78, 5) is 32.3. The van der Waals surface area contributed by atoms with Gasteiger partial charge in [-0.05, 0) is 36.4 Å². The van der Waals surface area contributed by atoms with Gasteiger partial charge in [0.1, 0.15) is 20.4 Å². The standard InChI is InChI=1S/C18H8Cl2N2O2S2/c19-7-1-3-9-11(5-7)25-17-13(21-9)15(23)18-14(16(17)24)22-10-4-2-8(20)6-12(10)26-18/h1-6,21-22H. The molecule has 26 heavy (non-hydrogen) atoms. The summed E-state index contributed by atoms with van der Waals surface area (Å²) >= 11 is 14.6. The lowest BCUT2D eigenvalue weighted by atomic mass is 10.2. The van der Waals surface area contributed by atoms with Crippen LogP contribution >= 0.6 is 45.9 Å². The molecule has 2 N–H and O–H groups in total. The second-order valence-corrected chi connectivity index (χ2v) is 8.78. The van der Waals surface area contributed by atoms with Crippen molar-refractivity contribution < 1.29 is 0 Å². The summed E-state index contributed by atoms with van der Waals surface area (Å²) < 4.78 is 2.40. The van der Waals surface area contributed by atoms with Crippen LogP contribution in [0.5, 0.6) is 0 Å². The lowest BCUT2D eigenvalue weighted by molar-refractivity contribution is 1.47. The summed E-state index contributed by atoms with van der Waals surface area (Å²) in [6.45, 7) is 0. The molecule has 0 unspecified atom stereocenters. The van der Waals surface area contributed by atoms with Gasteiger partial charge in [0, 0.05) is 10.0 Å². The zero-order valence-corrected chi connectivity index (χ0v) is 16.0. The zero-order valence-electron chi connectivity index (χ0n) is 12.9. The maximum Gasteiger partial charge on any atom is 0.222 e. The van der Waals surface area contributed by atoms with Gasteiger partial charge in [-0.2, -0.15) is 0 Å². The third-order valence-corrected chi connectivity index (χ3v) is 6.92. The highest BCUT2D eigenvalue weighted by molar-refractivity contribution is 7.25. The molecule has 5 rings (SSSR count). The van der Waals surface area contributed by atoms with Crippen LogP contribution in [0.2, 0.25) is 10.0 Å². The minimum Gasteiger partial charge on any atom is -0.350 e. The van der Waals surface area contributed by atoms with E-state index in [1.54, 1.807) is 36.4 Å². The van der Waals surface area contributed by atoms with Crippen LogP contribution in [0.25, 0.3) is 40.9 Å². The lowest BCUT2D eigenvalue weighted by Gasteiger charge is -2.06. The number of halogens is 2. The van der Waals surface area contributed by atoms with E-state index >= 15 is 0 Å². The van der Waals surface area contributed by atoms with E-state index in [0.717, 1.165) is 20.4 Å². The molecule has 8 heteroatoms. The fourth-order valence-corrected chi connectivity index (χ4v) is 5.56. The molecule has 0 amide bonds. The smallest absolute Gasteiger partial charge is 0.222 e. The first-order chi connectivity index (χ1) is 12.5. The van der Waals surface area contributed by atoms with Crippen molar-refractivity contribution in [3.63, 3.8) is 0 Å². The van der Waals surface area contributed by atoms with Crippen molar-refractivity contribution in [3.05, 3.63) is 66.9 Å². The number of H-pyrrole nitrogens is 2. The Bertz CT molecular complexity index is 1390. The molecule has 0 spiro atoms. The Morgan fingerprint density at radius 2 is 1.12 bits per heavy atom. The highest BCUT2D eigenvalue weighted by Crippen LogP contribution is 2.29. The van der Waals surface area contributed by atoms with Crippen LogP contribution in [-0.2, 0) is 0 Å². The first kappa shape index (κ1) is 16.1. The van der Waals surface area contributed by atoms with Gasteiger partial charge >= 0.3 is 0 Å². The van der Waals surface area contributed by atoms with E-state index in [1.165, 1.54) is 22.7 Å². The fraction of sp³-hybridized carbons (Fsp3) is 0.